The molecule has 1 heterocycles. The summed E-state index contributed by atoms with van der Waals surface area (Å²) in [4.78, 5) is 4.51. The van der Waals surface area contributed by atoms with Crippen molar-refractivity contribution in [2.75, 3.05) is 40.0 Å². The van der Waals surface area contributed by atoms with Gasteiger partial charge >= 0.3 is 0 Å². The molecule has 0 fully saturated rings. The van der Waals surface area contributed by atoms with E-state index >= 15 is 0 Å². The predicted octanol–water partition coefficient (Wildman–Crippen LogP) is 2.67. The molecule has 0 saturated heterocycles. The Balaban J connectivity index is 0.00000484. The maximum Gasteiger partial charge on any atom is 0.191 e. The first-order valence-electron chi connectivity index (χ1n) is 7.18. The fourth-order valence-corrected chi connectivity index (χ4v) is 2.14. The van der Waals surface area contributed by atoms with E-state index in [4.69, 9.17) is 32.7 Å². The van der Waals surface area contributed by atoms with Crippen LogP contribution in [0.4, 0.5) is 0 Å². The first-order valence-corrected chi connectivity index (χ1v) is 7.94. The molecule has 0 saturated carbocycles. The molecule has 0 aliphatic rings. The van der Waals surface area contributed by atoms with Crippen LogP contribution in [0.3, 0.4) is 0 Å². The minimum Gasteiger partial charge on any atom is -0.382 e. The molecule has 0 atom stereocenters. The minimum absolute atomic E-state index is 0. The van der Waals surface area contributed by atoms with Crippen molar-refractivity contribution in [2.45, 2.75) is 13.5 Å². The van der Waals surface area contributed by atoms with Crippen LogP contribution in [0.5, 0.6) is 0 Å². The highest BCUT2D eigenvalue weighted by Gasteiger charge is 2.08. The average Bonchev–Trinajstić information content (AvgIpc) is 2.75. The molecule has 134 valence electrons. The van der Waals surface area contributed by atoms with E-state index in [-0.39, 0.29) is 24.0 Å². The standard InChI is InChI=1S/C14H24Cl2N4O2.HI/c1-4-17-14(18-5-6-22-8-7-21-3)19-10-11-9-12(15)13(16)20(11)2;/h9H,4-8,10H2,1-3H3,(H2,17,18,19);1H. The summed E-state index contributed by atoms with van der Waals surface area (Å²) in [5, 5.41) is 7.45. The maximum absolute atomic E-state index is 6.04. The Kier molecular flexibility index (Phi) is 13.0. The van der Waals surface area contributed by atoms with Crippen molar-refractivity contribution in [2.24, 2.45) is 12.0 Å². The molecule has 0 amide bonds. The van der Waals surface area contributed by atoms with Gasteiger partial charge in [0.15, 0.2) is 5.96 Å². The Labute approximate surface area is 164 Å². The second-order valence-corrected chi connectivity index (χ2v) is 5.33. The molecule has 1 rings (SSSR count). The zero-order chi connectivity index (χ0) is 16.4. The second-order valence-electron chi connectivity index (χ2n) is 4.56. The van der Waals surface area contributed by atoms with Gasteiger partial charge in [0.05, 0.1) is 31.4 Å². The van der Waals surface area contributed by atoms with Crippen LogP contribution >= 0.6 is 47.2 Å². The van der Waals surface area contributed by atoms with Gasteiger partial charge in [-0.3, -0.25) is 0 Å². The Morgan fingerprint density at radius 3 is 2.57 bits per heavy atom. The quantitative estimate of drug-likeness (QED) is 0.248. The lowest BCUT2D eigenvalue weighted by Crippen LogP contribution is -2.39. The molecule has 1 aromatic rings. The fraction of sp³-hybridized carbons (Fsp3) is 0.643. The van der Waals surface area contributed by atoms with Gasteiger partial charge in [-0.2, -0.15) is 0 Å². The third-order valence-electron chi connectivity index (χ3n) is 2.93. The number of aromatic nitrogens is 1. The number of hydrogen-bond donors (Lipinski definition) is 2. The van der Waals surface area contributed by atoms with Crippen molar-refractivity contribution in [3.05, 3.63) is 21.9 Å². The summed E-state index contributed by atoms with van der Waals surface area (Å²) in [6.45, 7) is 5.74. The second kappa shape index (κ2) is 13.1. The van der Waals surface area contributed by atoms with Gasteiger partial charge in [-0.05, 0) is 13.0 Å². The van der Waals surface area contributed by atoms with Gasteiger partial charge in [0.1, 0.15) is 5.15 Å². The van der Waals surface area contributed by atoms with Crippen LogP contribution in [0, 0.1) is 0 Å². The van der Waals surface area contributed by atoms with Crippen LogP contribution in [-0.2, 0) is 23.1 Å². The van der Waals surface area contributed by atoms with Crippen LogP contribution in [0.25, 0.3) is 0 Å². The number of nitrogens with zero attached hydrogens (tertiary/aromatic N) is 2. The summed E-state index contributed by atoms with van der Waals surface area (Å²) in [6.07, 6.45) is 0. The molecule has 23 heavy (non-hydrogen) atoms. The monoisotopic (exact) mass is 478 g/mol. The summed E-state index contributed by atoms with van der Waals surface area (Å²) < 4.78 is 12.1. The number of aliphatic imine (C=N–C) groups is 1. The lowest BCUT2D eigenvalue weighted by molar-refractivity contribution is 0.0733. The number of halogens is 3. The highest BCUT2D eigenvalue weighted by atomic mass is 127. The zero-order valence-corrected chi connectivity index (χ0v) is 17.5. The molecule has 9 heteroatoms. The molecular weight excluding hydrogens is 454 g/mol. The topological polar surface area (TPSA) is 59.8 Å². The van der Waals surface area contributed by atoms with E-state index in [0.29, 0.717) is 43.1 Å². The SMILES string of the molecule is CCNC(=NCc1cc(Cl)c(Cl)n1C)NCCOCCOC.I. The number of ether oxygens (including phenoxy) is 2. The van der Waals surface area contributed by atoms with Crippen LogP contribution in [0.2, 0.25) is 10.2 Å². The largest absolute Gasteiger partial charge is 0.382 e. The number of rotatable bonds is 9. The Hall–Kier alpha value is -0.220. The van der Waals surface area contributed by atoms with E-state index < -0.39 is 0 Å². The summed E-state index contributed by atoms with van der Waals surface area (Å²) in [5.74, 6) is 0.728. The first-order chi connectivity index (χ1) is 10.6. The van der Waals surface area contributed by atoms with Crippen LogP contribution in [-0.4, -0.2) is 50.5 Å². The van der Waals surface area contributed by atoms with Crippen molar-refractivity contribution in [3.63, 3.8) is 0 Å². The normalized spacial score (nSPS) is 11.3. The van der Waals surface area contributed by atoms with Gasteiger partial charge in [-0.25, -0.2) is 4.99 Å². The lowest BCUT2D eigenvalue weighted by Gasteiger charge is -2.11. The van der Waals surface area contributed by atoms with Crippen molar-refractivity contribution >= 4 is 53.1 Å². The van der Waals surface area contributed by atoms with Gasteiger partial charge in [0.2, 0.25) is 0 Å². The van der Waals surface area contributed by atoms with Crippen LogP contribution < -0.4 is 10.6 Å². The van der Waals surface area contributed by atoms with Gasteiger partial charge in [0.25, 0.3) is 0 Å². The Bertz CT molecular complexity index is 484. The minimum atomic E-state index is 0. The van der Waals surface area contributed by atoms with E-state index in [1.54, 1.807) is 7.11 Å². The molecule has 0 bridgehead atoms. The molecule has 6 nitrogen and oxygen atoms in total. The van der Waals surface area contributed by atoms with Gasteiger partial charge in [-0.15, -0.1) is 24.0 Å². The summed E-state index contributed by atoms with van der Waals surface area (Å²) in [5.41, 5.74) is 0.948. The number of methoxy groups -OCH3 is 1. The van der Waals surface area contributed by atoms with Crippen LogP contribution in [0.15, 0.2) is 11.1 Å². The molecule has 0 unspecified atom stereocenters. The van der Waals surface area contributed by atoms with Crippen molar-refractivity contribution in [1.29, 1.82) is 0 Å². The van der Waals surface area contributed by atoms with Crippen molar-refractivity contribution < 1.29 is 9.47 Å². The van der Waals surface area contributed by atoms with Gasteiger partial charge in [-0.1, -0.05) is 23.2 Å². The van der Waals surface area contributed by atoms with Crippen LogP contribution in [0.1, 0.15) is 12.6 Å². The smallest absolute Gasteiger partial charge is 0.191 e. The molecule has 0 aliphatic heterocycles. The highest BCUT2D eigenvalue weighted by molar-refractivity contribution is 14.0. The summed E-state index contributed by atoms with van der Waals surface area (Å²) in [7, 11) is 3.52. The number of guanidine groups is 1. The number of hydrogen-bond acceptors (Lipinski definition) is 3. The Morgan fingerprint density at radius 2 is 2.00 bits per heavy atom. The van der Waals surface area contributed by atoms with E-state index in [0.717, 1.165) is 18.2 Å². The van der Waals surface area contributed by atoms with E-state index in [2.05, 4.69) is 15.6 Å². The van der Waals surface area contributed by atoms with Crippen molar-refractivity contribution in [1.82, 2.24) is 15.2 Å². The molecule has 0 aromatic carbocycles. The third-order valence-corrected chi connectivity index (χ3v) is 3.77. The maximum atomic E-state index is 6.04. The van der Waals surface area contributed by atoms with E-state index in [1.165, 1.54) is 0 Å². The predicted molar refractivity (Wildman–Crippen MR) is 106 cm³/mol. The number of nitrogens with one attached hydrogen (secondary N) is 2. The summed E-state index contributed by atoms with van der Waals surface area (Å²) in [6, 6.07) is 1.82. The fourth-order valence-electron chi connectivity index (χ4n) is 1.73. The van der Waals surface area contributed by atoms with Gasteiger partial charge in [0, 0.05) is 32.9 Å². The molecule has 2 N–H and O–H groups in total. The highest BCUT2D eigenvalue weighted by Crippen LogP contribution is 2.25. The zero-order valence-electron chi connectivity index (χ0n) is 13.7. The lowest BCUT2D eigenvalue weighted by atomic mass is 10.4. The van der Waals surface area contributed by atoms with E-state index in [1.807, 2.05) is 24.6 Å². The molecule has 0 radical (unpaired) electrons. The molecular formula is C14H25Cl2IN4O2. The average molecular weight is 479 g/mol. The van der Waals surface area contributed by atoms with E-state index in [9.17, 15) is 0 Å². The summed E-state index contributed by atoms with van der Waals surface area (Å²) >= 11 is 12.0. The van der Waals surface area contributed by atoms with Gasteiger partial charge < -0.3 is 24.7 Å². The third kappa shape index (κ3) is 8.44. The molecule has 0 aliphatic carbocycles. The Morgan fingerprint density at radius 1 is 1.26 bits per heavy atom. The molecule has 0 spiro atoms. The van der Waals surface area contributed by atoms with Crippen molar-refractivity contribution in [3.8, 4) is 0 Å². The molecule has 1 aromatic heterocycles. The first kappa shape index (κ1) is 22.8.